The Morgan fingerprint density at radius 3 is 2.65 bits per heavy atom. The summed E-state index contributed by atoms with van der Waals surface area (Å²) in [5.74, 6) is 1.34. The molecule has 1 aliphatic rings. The van der Waals surface area contributed by atoms with Gasteiger partial charge >= 0.3 is 0 Å². The minimum Gasteiger partial charge on any atom is -0.390 e. The molecule has 1 aliphatic heterocycles. The van der Waals surface area contributed by atoms with E-state index in [1.165, 1.54) is 44.4 Å². The van der Waals surface area contributed by atoms with Crippen molar-refractivity contribution in [2.24, 2.45) is 4.99 Å². The Hall–Kier alpha value is -0.670. The minimum atomic E-state index is 0.273. The number of aliphatic imine (C=N–C) groups is 1. The Labute approximate surface area is 125 Å². The molecule has 1 atom stereocenters. The molecule has 0 saturated carbocycles. The summed E-state index contributed by atoms with van der Waals surface area (Å²) in [6.07, 6.45) is 13.3. The zero-order chi connectivity index (χ0) is 14.7. The quantitative estimate of drug-likeness (QED) is 0.351. The first kappa shape index (κ1) is 17.4. The molecule has 0 amide bonds. The van der Waals surface area contributed by atoms with Crippen LogP contribution >= 0.6 is 0 Å². The molecule has 1 rings (SSSR count). The molecule has 116 valence electrons. The second kappa shape index (κ2) is 10.1. The highest BCUT2D eigenvalue weighted by atomic mass is 16.3. The van der Waals surface area contributed by atoms with E-state index in [0.717, 1.165) is 37.1 Å². The molecule has 1 N–H and O–H groups in total. The van der Waals surface area contributed by atoms with Crippen molar-refractivity contribution in [1.29, 1.82) is 0 Å². The average Bonchev–Trinajstić information content (AvgIpc) is 2.86. The van der Waals surface area contributed by atoms with Gasteiger partial charge in [0.1, 0.15) is 13.1 Å². The molecular formula is C17H33N2O+. The van der Waals surface area contributed by atoms with Crippen LogP contribution < -0.4 is 0 Å². The highest BCUT2D eigenvalue weighted by Gasteiger charge is 2.35. The number of rotatable bonds is 11. The fourth-order valence-corrected chi connectivity index (χ4v) is 3.02. The maximum Gasteiger partial charge on any atom is 0.198 e. The molecule has 0 aromatic carbocycles. The molecule has 0 saturated heterocycles. The van der Waals surface area contributed by atoms with Gasteiger partial charge in [-0.25, -0.2) is 4.99 Å². The van der Waals surface area contributed by atoms with Crippen LogP contribution in [0, 0.1) is 0 Å². The lowest BCUT2D eigenvalue weighted by atomic mass is 10.1. The van der Waals surface area contributed by atoms with Gasteiger partial charge in [-0.15, -0.1) is 0 Å². The van der Waals surface area contributed by atoms with Gasteiger partial charge in [-0.2, -0.15) is 0 Å². The molecule has 20 heavy (non-hydrogen) atoms. The Morgan fingerprint density at radius 2 is 1.95 bits per heavy atom. The van der Waals surface area contributed by atoms with Gasteiger partial charge in [-0.3, -0.25) is 4.48 Å². The van der Waals surface area contributed by atoms with E-state index in [9.17, 15) is 5.11 Å². The molecule has 1 unspecified atom stereocenters. The molecule has 0 radical (unpaired) electrons. The monoisotopic (exact) mass is 281 g/mol. The van der Waals surface area contributed by atoms with E-state index in [-0.39, 0.29) is 6.61 Å². The normalized spacial score (nSPS) is 22.6. The van der Waals surface area contributed by atoms with Crippen LogP contribution in [0.5, 0.6) is 0 Å². The van der Waals surface area contributed by atoms with Crippen LogP contribution in [-0.2, 0) is 0 Å². The largest absolute Gasteiger partial charge is 0.390 e. The van der Waals surface area contributed by atoms with Crippen molar-refractivity contribution in [2.75, 3.05) is 32.8 Å². The lowest BCUT2D eigenvalue weighted by molar-refractivity contribution is -0.835. The maximum absolute atomic E-state index is 9.27. The van der Waals surface area contributed by atoms with E-state index in [0.29, 0.717) is 0 Å². The van der Waals surface area contributed by atoms with Gasteiger partial charge in [0.25, 0.3) is 0 Å². The highest BCUT2D eigenvalue weighted by molar-refractivity contribution is 5.76. The van der Waals surface area contributed by atoms with Crippen LogP contribution in [0.3, 0.4) is 0 Å². The van der Waals surface area contributed by atoms with Crippen LogP contribution in [0.25, 0.3) is 0 Å². The Morgan fingerprint density at radius 1 is 1.15 bits per heavy atom. The number of aliphatic hydroxyl groups excluding tert-OH is 1. The van der Waals surface area contributed by atoms with Gasteiger partial charge in [0.2, 0.25) is 0 Å². The predicted molar refractivity (Wildman–Crippen MR) is 87.1 cm³/mol. The van der Waals surface area contributed by atoms with Crippen molar-refractivity contribution in [3.63, 3.8) is 0 Å². The van der Waals surface area contributed by atoms with E-state index in [4.69, 9.17) is 4.99 Å². The lowest BCUT2D eigenvalue weighted by Gasteiger charge is -2.33. The second-order valence-corrected chi connectivity index (χ2v) is 5.79. The first-order chi connectivity index (χ1) is 9.79. The zero-order valence-electron chi connectivity index (χ0n) is 13.5. The number of unbranched alkanes of at least 4 members (excludes halogenated alkanes) is 4. The summed E-state index contributed by atoms with van der Waals surface area (Å²) in [6.45, 7) is 8.66. The molecule has 1 heterocycles. The topological polar surface area (TPSA) is 32.6 Å². The minimum absolute atomic E-state index is 0.273. The van der Waals surface area contributed by atoms with Gasteiger partial charge in [-0.05, 0) is 32.6 Å². The second-order valence-electron chi connectivity index (χ2n) is 5.79. The number of nitrogens with zero attached hydrogens (tertiary/aromatic N) is 2. The summed E-state index contributed by atoms with van der Waals surface area (Å²) in [5, 5.41) is 9.27. The van der Waals surface area contributed by atoms with Crippen molar-refractivity contribution < 1.29 is 9.59 Å². The van der Waals surface area contributed by atoms with Crippen molar-refractivity contribution >= 4 is 5.84 Å². The van der Waals surface area contributed by atoms with Crippen LogP contribution in [-0.4, -0.2) is 48.2 Å². The molecule has 0 aromatic rings. The first-order valence-electron chi connectivity index (χ1n) is 8.45. The maximum atomic E-state index is 9.27. The number of hydrogen-bond acceptors (Lipinski definition) is 2. The lowest BCUT2D eigenvalue weighted by Crippen LogP contribution is -2.52. The van der Waals surface area contributed by atoms with E-state index in [1.54, 1.807) is 0 Å². The van der Waals surface area contributed by atoms with Gasteiger partial charge in [-0.1, -0.05) is 31.9 Å². The van der Waals surface area contributed by atoms with Crippen molar-refractivity contribution in [3.05, 3.63) is 12.2 Å². The SMILES string of the molecule is CCC/C=C/CCCCCC1=NCC[N+]1(CC)CCO. The highest BCUT2D eigenvalue weighted by Crippen LogP contribution is 2.19. The molecule has 0 aliphatic carbocycles. The fraction of sp³-hybridized carbons (Fsp3) is 0.824. The molecular weight excluding hydrogens is 248 g/mol. The van der Waals surface area contributed by atoms with Gasteiger partial charge in [0.05, 0.1) is 19.7 Å². The molecule has 3 nitrogen and oxygen atoms in total. The molecule has 0 spiro atoms. The standard InChI is InChI=1S/C17H33N2O/c1-3-5-6-7-8-9-10-11-12-17-18-13-14-19(17,4-2)15-16-20/h6-7,20H,3-5,8-16H2,1-2H3/q+1/b7-6+. The van der Waals surface area contributed by atoms with E-state index in [1.807, 2.05) is 0 Å². The summed E-state index contributed by atoms with van der Waals surface area (Å²) in [5.41, 5.74) is 0. The predicted octanol–water partition coefficient (Wildman–Crippen LogP) is 3.53. The Balaban J connectivity index is 2.21. The van der Waals surface area contributed by atoms with Gasteiger partial charge < -0.3 is 5.11 Å². The summed E-state index contributed by atoms with van der Waals surface area (Å²) in [7, 11) is 0. The smallest absolute Gasteiger partial charge is 0.198 e. The van der Waals surface area contributed by atoms with Gasteiger partial charge in [0, 0.05) is 6.42 Å². The molecule has 0 aromatic heterocycles. The van der Waals surface area contributed by atoms with Crippen molar-refractivity contribution in [1.82, 2.24) is 0 Å². The number of likely N-dealkylation sites (N-methyl/N-ethyl adjacent to an activating group) is 1. The first-order valence-corrected chi connectivity index (χ1v) is 8.45. The number of allylic oxidation sites excluding steroid dienone is 2. The Bertz CT molecular complexity index is 312. The third kappa shape index (κ3) is 5.37. The van der Waals surface area contributed by atoms with E-state index >= 15 is 0 Å². The van der Waals surface area contributed by atoms with Gasteiger partial charge in [0.15, 0.2) is 5.84 Å². The summed E-state index contributed by atoms with van der Waals surface area (Å²) < 4.78 is 0.937. The summed E-state index contributed by atoms with van der Waals surface area (Å²) >= 11 is 0. The van der Waals surface area contributed by atoms with Crippen molar-refractivity contribution in [3.8, 4) is 0 Å². The number of amidine groups is 1. The van der Waals surface area contributed by atoms with E-state index in [2.05, 4.69) is 26.0 Å². The zero-order valence-corrected chi connectivity index (χ0v) is 13.5. The fourth-order valence-electron chi connectivity index (χ4n) is 3.02. The summed E-state index contributed by atoms with van der Waals surface area (Å²) in [6, 6.07) is 0. The molecule has 0 bridgehead atoms. The number of aliphatic hydroxyl groups is 1. The summed E-state index contributed by atoms with van der Waals surface area (Å²) in [4.78, 5) is 4.70. The molecule has 0 fully saturated rings. The molecule has 3 heteroatoms. The Kier molecular flexibility index (Phi) is 8.79. The average molecular weight is 281 g/mol. The van der Waals surface area contributed by atoms with Crippen LogP contribution in [0.2, 0.25) is 0 Å². The van der Waals surface area contributed by atoms with Crippen molar-refractivity contribution in [2.45, 2.75) is 58.8 Å². The van der Waals surface area contributed by atoms with Crippen LogP contribution in [0.15, 0.2) is 17.1 Å². The van der Waals surface area contributed by atoms with Crippen LogP contribution in [0.1, 0.15) is 58.8 Å². The third-order valence-corrected chi connectivity index (χ3v) is 4.40. The number of quaternary nitrogens is 1. The van der Waals surface area contributed by atoms with E-state index < -0.39 is 0 Å². The number of hydrogen-bond donors (Lipinski definition) is 1. The third-order valence-electron chi connectivity index (χ3n) is 4.40. The van der Waals surface area contributed by atoms with Crippen LogP contribution in [0.4, 0.5) is 0 Å².